The van der Waals surface area contributed by atoms with Gasteiger partial charge in [-0.15, -0.1) is 0 Å². The number of phenols is 1. The summed E-state index contributed by atoms with van der Waals surface area (Å²) in [6.07, 6.45) is 2.85. The van der Waals surface area contributed by atoms with Crippen molar-refractivity contribution in [3.05, 3.63) is 36.4 Å². The minimum absolute atomic E-state index is 0.111. The molecule has 6 heteroatoms. The van der Waals surface area contributed by atoms with Crippen LogP contribution in [0.4, 0.5) is 5.69 Å². The normalized spacial score (nSPS) is 10.2. The van der Waals surface area contributed by atoms with Gasteiger partial charge in [-0.2, -0.15) is 5.10 Å². The van der Waals surface area contributed by atoms with Crippen molar-refractivity contribution in [1.29, 1.82) is 0 Å². The molecule has 1 amide bonds. The number of carbonyl (C=O) groups is 1. The number of aromatic nitrogens is 3. The highest BCUT2D eigenvalue weighted by Crippen LogP contribution is 2.19. The summed E-state index contributed by atoms with van der Waals surface area (Å²) in [7, 11) is 0. The van der Waals surface area contributed by atoms with Crippen molar-refractivity contribution < 1.29 is 9.90 Å². The summed E-state index contributed by atoms with van der Waals surface area (Å²) in [6, 6.07) is 4.89. The zero-order valence-electron chi connectivity index (χ0n) is 9.29. The molecule has 6 nitrogen and oxygen atoms in total. The first-order valence-electron chi connectivity index (χ1n) is 5.07. The van der Waals surface area contributed by atoms with Gasteiger partial charge in [0.05, 0.1) is 0 Å². The molecule has 0 aliphatic heterocycles. The molecule has 1 heterocycles. The summed E-state index contributed by atoms with van der Waals surface area (Å²) in [5, 5.41) is 15.9. The molecule has 0 saturated carbocycles. The zero-order valence-corrected chi connectivity index (χ0v) is 9.29. The predicted octanol–water partition coefficient (Wildman–Crippen LogP) is 0.931. The average Bonchev–Trinajstić information content (AvgIpc) is 2.76. The third-order valence-electron chi connectivity index (χ3n) is 2.25. The smallest absolute Gasteiger partial charge is 0.246 e. The highest BCUT2D eigenvalue weighted by atomic mass is 16.3. The van der Waals surface area contributed by atoms with E-state index in [9.17, 15) is 9.90 Å². The number of carbonyl (C=O) groups excluding carboxylic acids is 1. The van der Waals surface area contributed by atoms with Crippen LogP contribution in [0, 0.1) is 6.92 Å². The largest absolute Gasteiger partial charge is 0.508 e. The molecule has 0 saturated heterocycles. The van der Waals surface area contributed by atoms with Crippen molar-refractivity contribution in [3.63, 3.8) is 0 Å². The van der Waals surface area contributed by atoms with Crippen molar-refractivity contribution in [1.82, 2.24) is 14.8 Å². The number of amides is 1. The average molecular weight is 232 g/mol. The predicted molar refractivity (Wildman–Crippen MR) is 61.5 cm³/mol. The maximum absolute atomic E-state index is 11.6. The Morgan fingerprint density at radius 3 is 3.00 bits per heavy atom. The summed E-state index contributed by atoms with van der Waals surface area (Å²) < 4.78 is 1.43. The Hall–Kier alpha value is -2.37. The molecule has 0 fully saturated rings. The van der Waals surface area contributed by atoms with Crippen LogP contribution in [-0.2, 0) is 11.3 Å². The van der Waals surface area contributed by atoms with E-state index < -0.39 is 0 Å². The molecule has 1 aromatic heterocycles. The van der Waals surface area contributed by atoms with Crippen LogP contribution in [0.3, 0.4) is 0 Å². The fourth-order valence-electron chi connectivity index (χ4n) is 1.40. The number of hydrogen-bond donors (Lipinski definition) is 2. The lowest BCUT2D eigenvalue weighted by atomic mass is 10.2. The summed E-state index contributed by atoms with van der Waals surface area (Å²) in [6.45, 7) is 1.88. The van der Waals surface area contributed by atoms with Gasteiger partial charge in [0.25, 0.3) is 0 Å². The molecule has 17 heavy (non-hydrogen) atoms. The number of aryl methyl sites for hydroxylation is 1. The Morgan fingerprint density at radius 1 is 1.53 bits per heavy atom. The molecule has 0 aliphatic rings. The molecule has 0 unspecified atom stereocenters. The van der Waals surface area contributed by atoms with E-state index in [-0.39, 0.29) is 18.2 Å². The molecule has 2 rings (SSSR count). The van der Waals surface area contributed by atoms with E-state index in [4.69, 9.17) is 0 Å². The maximum Gasteiger partial charge on any atom is 0.246 e. The lowest BCUT2D eigenvalue weighted by Gasteiger charge is -2.06. The van der Waals surface area contributed by atoms with Gasteiger partial charge in [-0.05, 0) is 30.7 Å². The molecule has 2 aromatic rings. The van der Waals surface area contributed by atoms with Crippen molar-refractivity contribution in [2.45, 2.75) is 13.5 Å². The number of rotatable bonds is 3. The number of phenolic OH excluding ortho intramolecular Hbond substituents is 1. The van der Waals surface area contributed by atoms with E-state index in [0.29, 0.717) is 11.3 Å². The number of anilines is 1. The molecule has 2 N–H and O–H groups in total. The van der Waals surface area contributed by atoms with Crippen LogP contribution in [0.25, 0.3) is 0 Å². The lowest BCUT2D eigenvalue weighted by molar-refractivity contribution is -0.116. The van der Waals surface area contributed by atoms with E-state index in [1.807, 2.05) is 0 Å². The number of nitrogens with zero attached hydrogens (tertiary/aromatic N) is 3. The SMILES string of the molecule is Cc1cc(NC(=O)Cn2cncn2)ccc1O. The summed E-state index contributed by atoms with van der Waals surface area (Å²) in [5.74, 6) is 0.0138. The first kappa shape index (κ1) is 11.1. The van der Waals surface area contributed by atoms with E-state index in [1.165, 1.54) is 17.3 Å². The van der Waals surface area contributed by atoms with Crippen LogP contribution in [0.2, 0.25) is 0 Å². The standard InChI is InChI=1S/C11H12N4O2/c1-8-4-9(2-3-10(8)16)14-11(17)5-15-7-12-6-13-15/h2-4,6-7,16H,5H2,1H3,(H,14,17). The summed E-state index contributed by atoms with van der Waals surface area (Å²) in [4.78, 5) is 15.4. The Kier molecular flexibility index (Phi) is 3.04. The topological polar surface area (TPSA) is 80.0 Å². The van der Waals surface area contributed by atoms with Crippen LogP contribution < -0.4 is 5.32 Å². The molecule has 0 atom stereocenters. The van der Waals surface area contributed by atoms with E-state index >= 15 is 0 Å². The molecule has 88 valence electrons. The van der Waals surface area contributed by atoms with Crippen molar-refractivity contribution >= 4 is 11.6 Å². The Balaban J connectivity index is 2.00. The molecular formula is C11H12N4O2. The summed E-state index contributed by atoms with van der Waals surface area (Å²) >= 11 is 0. The van der Waals surface area contributed by atoms with Gasteiger partial charge < -0.3 is 10.4 Å². The van der Waals surface area contributed by atoms with Gasteiger partial charge in [0, 0.05) is 5.69 Å². The van der Waals surface area contributed by atoms with E-state index in [2.05, 4.69) is 15.4 Å². The Morgan fingerprint density at radius 2 is 2.35 bits per heavy atom. The number of aromatic hydroxyl groups is 1. The van der Waals surface area contributed by atoms with Gasteiger partial charge >= 0.3 is 0 Å². The van der Waals surface area contributed by atoms with Crippen LogP contribution in [0.15, 0.2) is 30.9 Å². The first-order chi connectivity index (χ1) is 8.15. The lowest BCUT2D eigenvalue weighted by Crippen LogP contribution is -2.19. The van der Waals surface area contributed by atoms with E-state index in [0.717, 1.165) is 0 Å². The van der Waals surface area contributed by atoms with Gasteiger partial charge in [0.15, 0.2) is 0 Å². The third-order valence-corrected chi connectivity index (χ3v) is 2.25. The van der Waals surface area contributed by atoms with E-state index in [1.54, 1.807) is 25.1 Å². The van der Waals surface area contributed by atoms with Gasteiger partial charge in [0.1, 0.15) is 24.9 Å². The highest BCUT2D eigenvalue weighted by molar-refractivity contribution is 5.90. The monoisotopic (exact) mass is 232 g/mol. The van der Waals surface area contributed by atoms with Gasteiger partial charge in [-0.25, -0.2) is 9.67 Å². The van der Waals surface area contributed by atoms with Crippen molar-refractivity contribution in [2.75, 3.05) is 5.32 Å². The molecule has 0 radical (unpaired) electrons. The van der Waals surface area contributed by atoms with Crippen LogP contribution in [0.1, 0.15) is 5.56 Å². The zero-order chi connectivity index (χ0) is 12.3. The second-order valence-corrected chi connectivity index (χ2v) is 3.64. The minimum Gasteiger partial charge on any atom is -0.508 e. The van der Waals surface area contributed by atoms with Crippen LogP contribution in [-0.4, -0.2) is 25.8 Å². The number of nitrogens with one attached hydrogen (secondary N) is 1. The molecule has 0 bridgehead atoms. The number of benzene rings is 1. The molecule has 0 spiro atoms. The Labute approximate surface area is 97.9 Å². The fraction of sp³-hybridized carbons (Fsp3) is 0.182. The highest BCUT2D eigenvalue weighted by Gasteiger charge is 2.05. The van der Waals surface area contributed by atoms with Crippen molar-refractivity contribution in [2.24, 2.45) is 0 Å². The minimum atomic E-state index is -0.194. The van der Waals surface area contributed by atoms with Crippen LogP contribution >= 0.6 is 0 Å². The molecular weight excluding hydrogens is 220 g/mol. The Bertz CT molecular complexity index is 522. The maximum atomic E-state index is 11.6. The third kappa shape index (κ3) is 2.81. The molecule has 0 aliphatic carbocycles. The first-order valence-corrected chi connectivity index (χ1v) is 5.07. The van der Waals surface area contributed by atoms with Gasteiger partial charge in [0.2, 0.25) is 5.91 Å². The van der Waals surface area contributed by atoms with Crippen molar-refractivity contribution in [3.8, 4) is 5.75 Å². The second kappa shape index (κ2) is 4.65. The van der Waals surface area contributed by atoms with Gasteiger partial charge in [-0.1, -0.05) is 0 Å². The second-order valence-electron chi connectivity index (χ2n) is 3.64. The van der Waals surface area contributed by atoms with Gasteiger partial charge in [-0.3, -0.25) is 4.79 Å². The molecule has 1 aromatic carbocycles. The van der Waals surface area contributed by atoms with Crippen LogP contribution in [0.5, 0.6) is 5.75 Å². The fourth-order valence-corrected chi connectivity index (χ4v) is 1.40. The summed E-state index contributed by atoms with van der Waals surface area (Å²) in [5.41, 5.74) is 1.36. The quantitative estimate of drug-likeness (QED) is 0.771. The number of hydrogen-bond acceptors (Lipinski definition) is 4.